The van der Waals surface area contributed by atoms with Crippen LogP contribution in [-0.4, -0.2) is 0 Å². The Morgan fingerprint density at radius 1 is 1.43 bits per heavy atom. The lowest BCUT2D eigenvalue weighted by molar-refractivity contribution is 1.42. The second kappa shape index (κ2) is 1.53. The van der Waals surface area contributed by atoms with Crippen molar-refractivity contribution in [2.45, 2.75) is 0 Å². The molecule has 0 radical (unpaired) electrons. The summed E-state index contributed by atoms with van der Waals surface area (Å²) in [5.74, 6) is 0. The molecule has 0 heterocycles. The summed E-state index contributed by atoms with van der Waals surface area (Å²) < 4.78 is 0. The molecule has 0 aromatic carbocycles. The van der Waals surface area contributed by atoms with E-state index in [-0.39, 0.29) is 0 Å². The van der Waals surface area contributed by atoms with Gasteiger partial charge in [0.1, 0.15) is 0 Å². The first-order valence-electron chi connectivity index (χ1n) is 2.03. The molecule has 0 saturated carbocycles. The van der Waals surface area contributed by atoms with Crippen LogP contribution >= 0.6 is 0 Å². The van der Waals surface area contributed by atoms with Crippen LogP contribution in [0.2, 0.25) is 0 Å². The summed E-state index contributed by atoms with van der Waals surface area (Å²) in [6, 6.07) is 0. The molecule has 1 aliphatic carbocycles. The second-order valence-corrected chi connectivity index (χ2v) is 1.27. The van der Waals surface area contributed by atoms with E-state index < -0.39 is 0 Å². The Kier molecular flexibility index (Phi) is 0.874. The molecule has 0 amide bonds. The van der Waals surface area contributed by atoms with Crippen molar-refractivity contribution < 1.29 is 0 Å². The molecule has 0 aromatic rings. The first-order chi connectivity index (χ1) is 3.39. The van der Waals surface area contributed by atoms with Gasteiger partial charge in [-0.1, -0.05) is 11.5 Å². The van der Waals surface area contributed by atoms with E-state index in [1.54, 1.807) is 18.2 Å². The fraction of sp³-hybridized carbons (Fsp3) is 0. The molecule has 7 heavy (non-hydrogen) atoms. The highest BCUT2D eigenvalue weighted by Crippen LogP contribution is 1.88. The van der Waals surface area contributed by atoms with Crippen molar-refractivity contribution in [3.63, 3.8) is 0 Å². The first-order valence-corrected chi connectivity index (χ1v) is 2.03. The van der Waals surface area contributed by atoms with Crippen LogP contribution in [0.4, 0.5) is 0 Å². The molecule has 0 unspecified atom stereocenters. The quantitative estimate of drug-likeness (QED) is 0.436. The largest absolute Gasteiger partial charge is 0.398 e. The van der Waals surface area contributed by atoms with Crippen molar-refractivity contribution in [3.8, 4) is 0 Å². The summed E-state index contributed by atoms with van der Waals surface area (Å²) in [5.41, 5.74) is 11.5. The second-order valence-electron chi connectivity index (χ2n) is 1.27. The van der Waals surface area contributed by atoms with Crippen molar-refractivity contribution >= 4 is 0 Å². The zero-order valence-corrected chi connectivity index (χ0v) is 3.81. The molecule has 1 rings (SSSR count). The number of nitrogens with two attached hydrogens (primary N) is 1. The summed E-state index contributed by atoms with van der Waals surface area (Å²) in [5, 5.41) is 0. The van der Waals surface area contributed by atoms with E-state index in [2.05, 4.69) is 11.5 Å². The van der Waals surface area contributed by atoms with Crippen LogP contribution in [0, 0.1) is 0 Å². The van der Waals surface area contributed by atoms with Gasteiger partial charge in [0.25, 0.3) is 0 Å². The van der Waals surface area contributed by atoms with Crippen LogP contribution in [0.25, 0.3) is 0 Å². The van der Waals surface area contributed by atoms with Crippen LogP contribution in [0.5, 0.6) is 0 Å². The number of hydrogen-bond donors (Lipinski definition) is 1. The lowest BCUT2D eigenvalue weighted by Crippen LogP contribution is -1.90. The topological polar surface area (TPSA) is 26.0 Å². The smallest absolute Gasteiger partial charge is 0.0405 e. The average Bonchev–Trinajstić information content (AvgIpc) is 1.69. The summed E-state index contributed by atoms with van der Waals surface area (Å²) in [7, 11) is 0. The predicted molar refractivity (Wildman–Crippen MR) is 28.4 cm³/mol. The van der Waals surface area contributed by atoms with Crippen LogP contribution < -0.4 is 5.73 Å². The molecule has 0 aliphatic heterocycles. The molecule has 0 atom stereocenters. The summed E-state index contributed by atoms with van der Waals surface area (Å²) in [6.45, 7) is 0. The lowest BCUT2D eigenvalue weighted by atomic mass is 10.3. The highest BCUT2D eigenvalue weighted by atomic mass is 14.5. The van der Waals surface area contributed by atoms with E-state index in [1.165, 1.54) is 0 Å². The van der Waals surface area contributed by atoms with Gasteiger partial charge in [-0.2, -0.15) is 0 Å². The number of allylic oxidation sites excluding steroid dienone is 3. The third-order valence-corrected chi connectivity index (χ3v) is 0.681. The molecule has 1 heteroatoms. The Hall–Kier alpha value is -1.16. The maximum absolute atomic E-state index is 5.31. The predicted octanol–water partition coefficient (Wildman–Crippen LogP) is 0.709. The third-order valence-electron chi connectivity index (χ3n) is 0.681. The van der Waals surface area contributed by atoms with Gasteiger partial charge in [0.15, 0.2) is 0 Å². The van der Waals surface area contributed by atoms with Gasteiger partial charge >= 0.3 is 0 Å². The van der Waals surface area contributed by atoms with E-state index in [0.717, 1.165) is 5.70 Å². The van der Waals surface area contributed by atoms with E-state index in [4.69, 9.17) is 5.73 Å². The maximum Gasteiger partial charge on any atom is 0.0405 e. The molecule has 1 nitrogen and oxygen atoms in total. The van der Waals surface area contributed by atoms with E-state index in [0.29, 0.717) is 0 Å². The van der Waals surface area contributed by atoms with Gasteiger partial charge in [-0.3, -0.25) is 0 Å². The minimum atomic E-state index is 0.735. The van der Waals surface area contributed by atoms with Crippen LogP contribution in [-0.2, 0) is 0 Å². The molecule has 34 valence electrons. The zero-order valence-electron chi connectivity index (χ0n) is 3.81. The molecular weight excluding hydrogens is 86.1 g/mol. The standard InChI is InChI=1S/C6H5N/c7-6-4-2-1-3-5-6/h2,4-5H,7H2. The van der Waals surface area contributed by atoms with Crippen molar-refractivity contribution in [1.82, 2.24) is 0 Å². The highest BCUT2D eigenvalue weighted by Gasteiger charge is 1.76. The van der Waals surface area contributed by atoms with Crippen molar-refractivity contribution in [2.24, 2.45) is 5.73 Å². The molecule has 2 N–H and O–H groups in total. The maximum atomic E-state index is 5.31. The third kappa shape index (κ3) is 0.834. The summed E-state index contributed by atoms with van der Waals surface area (Å²) >= 11 is 0. The van der Waals surface area contributed by atoms with Crippen LogP contribution in [0.3, 0.4) is 0 Å². The van der Waals surface area contributed by atoms with Gasteiger partial charge in [-0.25, -0.2) is 0 Å². The Bertz CT molecular complexity index is 186. The molecule has 0 fully saturated rings. The number of hydrogen-bond acceptors (Lipinski definition) is 1. The minimum absolute atomic E-state index is 0.735. The SMILES string of the molecule is NC1=CC=C=C=C1. The van der Waals surface area contributed by atoms with Gasteiger partial charge in [0.05, 0.1) is 0 Å². The Balaban J connectivity index is 3.02. The summed E-state index contributed by atoms with van der Waals surface area (Å²) in [6.07, 6.45) is 5.19. The Labute approximate surface area is 42.1 Å². The molecule has 0 bridgehead atoms. The van der Waals surface area contributed by atoms with E-state index in [1.807, 2.05) is 0 Å². The molecule has 0 aromatic heterocycles. The normalized spacial score (nSPS) is 14.6. The lowest BCUT2D eigenvalue weighted by Gasteiger charge is -1.84. The van der Waals surface area contributed by atoms with E-state index >= 15 is 0 Å². The van der Waals surface area contributed by atoms with E-state index in [9.17, 15) is 0 Å². The average molecular weight is 91.1 g/mol. The Morgan fingerprint density at radius 2 is 2.29 bits per heavy atom. The zero-order chi connectivity index (χ0) is 5.11. The molecule has 0 spiro atoms. The van der Waals surface area contributed by atoms with Gasteiger partial charge in [-0.15, -0.1) is 0 Å². The van der Waals surface area contributed by atoms with Gasteiger partial charge in [0.2, 0.25) is 0 Å². The monoisotopic (exact) mass is 91.0 g/mol. The summed E-state index contributed by atoms with van der Waals surface area (Å²) in [4.78, 5) is 0. The van der Waals surface area contributed by atoms with Crippen molar-refractivity contribution in [2.75, 3.05) is 0 Å². The van der Waals surface area contributed by atoms with Crippen molar-refractivity contribution in [1.29, 1.82) is 0 Å². The highest BCUT2D eigenvalue weighted by molar-refractivity contribution is 5.23. The molecule has 0 saturated heterocycles. The fourth-order valence-electron chi connectivity index (χ4n) is 0.359. The van der Waals surface area contributed by atoms with Gasteiger partial charge in [-0.05, 0) is 12.2 Å². The number of rotatable bonds is 0. The molecule has 1 aliphatic rings. The van der Waals surface area contributed by atoms with Gasteiger partial charge in [0, 0.05) is 11.8 Å². The minimum Gasteiger partial charge on any atom is -0.398 e. The van der Waals surface area contributed by atoms with Crippen molar-refractivity contribution in [3.05, 3.63) is 35.4 Å². The van der Waals surface area contributed by atoms with Gasteiger partial charge < -0.3 is 5.73 Å². The first kappa shape index (κ1) is 4.01. The molecular formula is C6H5N. The Morgan fingerprint density at radius 3 is 2.57 bits per heavy atom. The van der Waals surface area contributed by atoms with Crippen LogP contribution in [0.15, 0.2) is 35.4 Å². The van der Waals surface area contributed by atoms with Crippen LogP contribution in [0.1, 0.15) is 0 Å². The fourth-order valence-corrected chi connectivity index (χ4v) is 0.359.